The van der Waals surface area contributed by atoms with E-state index in [0.717, 1.165) is 4.47 Å². The summed E-state index contributed by atoms with van der Waals surface area (Å²) < 4.78 is 0.872. The quantitative estimate of drug-likeness (QED) is 0.846. The monoisotopic (exact) mass is 355 g/mol. The highest BCUT2D eigenvalue weighted by Gasteiger charge is 2.15. The maximum Gasteiger partial charge on any atom is 0.251 e. The van der Waals surface area contributed by atoms with E-state index < -0.39 is 0 Å². The molecule has 0 saturated carbocycles. The molecular formula is C14H18BrN3O3. The number of nitrogens with zero attached hydrogens (tertiary/aromatic N) is 2. The molecule has 7 heteroatoms. The van der Waals surface area contributed by atoms with Crippen LogP contribution in [0.3, 0.4) is 0 Å². The highest BCUT2D eigenvalue weighted by Crippen LogP contribution is 2.10. The van der Waals surface area contributed by atoms with Gasteiger partial charge in [0, 0.05) is 31.2 Å². The molecule has 0 bridgehead atoms. The van der Waals surface area contributed by atoms with E-state index in [9.17, 15) is 14.4 Å². The molecule has 0 aliphatic carbocycles. The van der Waals surface area contributed by atoms with E-state index in [4.69, 9.17) is 0 Å². The lowest BCUT2D eigenvalue weighted by Gasteiger charge is -2.19. The number of carbonyl (C=O) groups is 3. The Balaban J connectivity index is 2.47. The van der Waals surface area contributed by atoms with Crippen molar-refractivity contribution in [3.63, 3.8) is 0 Å². The minimum Gasteiger partial charge on any atom is -0.347 e. The van der Waals surface area contributed by atoms with Crippen LogP contribution in [0, 0.1) is 0 Å². The first kappa shape index (κ1) is 17.2. The van der Waals surface area contributed by atoms with Gasteiger partial charge in [0.05, 0.1) is 13.1 Å². The fourth-order valence-corrected chi connectivity index (χ4v) is 1.69. The third-order valence-electron chi connectivity index (χ3n) is 2.80. The van der Waals surface area contributed by atoms with E-state index in [2.05, 4.69) is 21.2 Å². The van der Waals surface area contributed by atoms with E-state index in [-0.39, 0.29) is 30.8 Å². The van der Waals surface area contributed by atoms with Gasteiger partial charge in [-0.15, -0.1) is 0 Å². The molecule has 0 aliphatic heterocycles. The van der Waals surface area contributed by atoms with Crippen LogP contribution in [0.1, 0.15) is 10.4 Å². The average molecular weight is 356 g/mol. The molecule has 0 aromatic heterocycles. The second-order valence-electron chi connectivity index (χ2n) is 4.73. The molecule has 1 N–H and O–H groups in total. The Morgan fingerprint density at radius 2 is 1.62 bits per heavy atom. The third kappa shape index (κ3) is 5.55. The van der Waals surface area contributed by atoms with Gasteiger partial charge in [0.15, 0.2) is 0 Å². The van der Waals surface area contributed by atoms with Gasteiger partial charge in [-0.05, 0) is 24.3 Å². The second-order valence-corrected chi connectivity index (χ2v) is 5.64. The van der Waals surface area contributed by atoms with Gasteiger partial charge in [0.2, 0.25) is 11.8 Å². The van der Waals surface area contributed by atoms with Crippen molar-refractivity contribution < 1.29 is 14.4 Å². The first-order valence-electron chi connectivity index (χ1n) is 6.29. The first-order valence-corrected chi connectivity index (χ1v) is 7.08. The minimum absolute atomic E-state index is 0.0139. The minimum atomic E-state index is -0.330. The molecule has 1 rings (SSSR count). The molecule has 0 spiro atoms. The predicted octanol–water partition coefficient (Wildman–Crippen LogP) is 0.726. The number of carbonyl (C=O) groups excluding carboxylic acids is 3. The van der Waals surface area contributed by atoms with Crippen LogP contribution in [0.25, 0.3) is 0 Å². The van der Waals surface area contributed by atoms with Crippen molar-refractivity contribution >= 4 is 33.7 Å². The van der Waals surface area contributed by atoms with Crippen LogP contribution in [-0.4, -0.2) is 61.8 Å². The molecular weight excluding hydrogens is 338 g/mol. The Labute approximate surface area is 132 Å². The third-order valence-corrected chi connectivity index (χ3v) is 3.33. The maximum atomic E-state index is 11.8. The van der Waals surface area contributed by atoms with Crippen LogP contribution in [0.4, 0.5) is 0 Å². The van der Waals surface area contributed by atoms with Gasteiger partial charge < -0.3 is 15.1 Å². The SMILES string of the molecule is CN(C)C(=O)CN(C)C(=O)CNC(=O)c1ccc(Br)cc1. The van der Waals surface area contributed by atoms with Crippen molar-refractivity contribution in [2.75, 3.05) is 34.2 Å². The smallest absolute Gasteiger partial charge is 0.251 e. The molecule has 0 radical (unpaired) electrons. The maximum absolute atomic E-state index is 11.8. The molecule has 0 atom stereocenters. The van der Waals surface area contributed by atoms with Crippen molar-refractivity contribution in [3.05, 3.63) is 34.3 Å². The molecule has 3 amide bonds. The Hall–Kier alpha value is -1.89. The molecule has 6 nitrogen and oxygen atoms in total. The summed E-state index contributed by atoms with van der Waals surface area (Å²) in [5, 5.41) is 2.53. The molecule has 0 fully saturated rings. The summed E-state index contributed by atoms with van der Waals surface area (Å²) in [6, 6.07) is 6.81. The molecule has 0 saturated heterocycles. The number of rotatable bonds is 5. The van der Waals surface area contributed by atoms with Crippen molar-refractivity contribution in [1.82, 2.24) is 15.1 Å². The van der Waals surface area contributed by atoms with Gasteiger partial charge in [-0.25, -0.2) is 0 Å². The largest absolute Gasteiger partial charge is 0.347 e. The number of likely N-dealkylation sites (N-methyl/N-ethyl adjacent to an activating group) is 2. The molecule has 21 heavy (non-hydrogen) atoms. The number of halogens is 1. The summed E-state index contributed by atoms with van der Waals surface area (Å²) in [5.74, 6) is -0.830. The van der Waals surface area contributed by atoms with E-state index in [1.54, 1.807) is 38.4 Å². The van der Waals surface area contributed by atoms with Crippen LogP contribution < -0.4 is 5.32 Å². The van der Waals surface area contributed by atoms with Crippen molar-refractivity contribution in [2.24, 2.45) is 0 Å². The Morgan fingerprint density at radius 3 is 2.14 bits per heavy atom. The Morgan fingerprint density at radius 1 is 1.05 bits per heavy atom. The van der Waals surface area contributed by atoms with Crippen LogP contribution >= 0.6 is 15.9 Å². The van der Waals surface area contributed by atoms with E-state index in [1.165, 1.54) is 16.8 Å². The van der Waals surface area contributed by atoms with Gasteiger partial charge in [-0.1, -0.05) is 15.9 Å². The second kappa shape index (κ2) is 7.78. The first-order chi connectivity index (χ1) is 9.81. The lowest BCUT2D eigenvalue weighted by Crippen LogP contribution is -2.42. The molecule has 0 aliphatic rings. The average Bonchev–Trinajstić information content (AvgIpc) is 2.44. The summed E-state index contributed by atoms with van der Waals surface area (Å²) in [6.07, 6.45) is 0. The highest BCUT2D eigenvalue weighted by molar-refractivity contribution is 9.10. The fraction of sp³-hybridized carbons (Fsp3) is 0.357. The lowest BCUT2D eigenvalue weighted by molar-refractivity contribution is -0.137. The van der Waals surface area contributed by atoms with Gasteiger partial charge in [-0.2, -0.15) is 0 Å². The lowest BCUT2D eigenvalue weighted by atomic mass is 10.2. The topological polar surface area (TPSA) is 69.7 Å². The highest BCUT2D eigenvalue weighted by atomic mass is 79.9. The van der Waals surface area contributed by atoms with Crippen LogP contribution in [0.5, 0.6) is 0 Å². The summed E-state index contributed by atoms with van der Waals surface area (Å²) in [6.45, 7) is -0.161. The van der Waals surface area contributed by atoms with Gasteiger partial charge >= 0.3 is 0 Å². The standard InChI is InChI=1S/C14H18BrN3O3/c1-17(2)13(20)9-18(3)12(19)8-16-14(21)10-4-6-11(15)7-5-10/h4-7H,8-9H2,1-3H3,(H,16,21). The number of nitrogens with one attached hydrogen (secondary N) is 1. The molecule has 114 valence electrons. The zero-order chi connectivity index (χ0) is 16.0. The predicted molar refractivity (Wildman–Crippen MR) is 82.8 cm³/mol. The van der Waals surface area contributed by atoms with Crippen LogP contribution in [0.2, 0.25) is 0 Å². The van der Waals surface area contributed by atoms with Crippen LogP contribution in [-0.2, 0) is 9.59 Å². The summed E-state index contributed by atoms with van der Waals surface area (Å²) in [4.78, 5) is 37.8. The summed E-state index contributed by atoms with van der Waals surface area (Å²) in [7, 11) is 4.77. The number of hydrogen-bond donors (Lipinski definition) is 1. The van der Waals surface area contributed by atoms with Crippen molar-refractivity contribution in [3.8, 4) is 0 Å². The van der Waals surface area contributed by atoms with E-state index >= 15 is 0 Å². The molecule has 1 aromatic carbocycles. The zero-order valence-electron chi connectivity index (χ0n) is 12.2. The van der Waals surface area contributed by atoms with Gasteiger partial charge in [0.25, 0.3) is 5.91 Å². The van der Waals surface area contributed by atoms with Crippen molar-refractivity contribution in [1.29, 1.82) is 0 Å². The van der Waals surface area contributed by atoms with E-state index in [1.807, 2.05) is 0 Å². The molecule has 1 aromatic rings. The summed E-state index contributed by atoms with van der Waals surface area (Å²) >= 11 is 3.28. The van der Waals surface area contributed by atoms with Gasteiger partial charge in [-0.3, -0.25) is 14.4 Å². The Kier molecular flexibility index (Phi) is 6.36. The number of benzene rings is 1. The molecule has 0 heterocycles. The summed E-state index contributed by atoms with van der Waals surface area (Å²) in [5.41, 5.74) is 0.470. The van der Waals surface area contributed by atoms with Gasteiger partial charge in [0.1, 0.15) is 0 Å². The Bertz CT molecular complexity index is 529. The van der Waals surface area contributed by atoms with Crippen molar-refractivity contribution in [2.45, 2.75) is 0 Å². The molecule has 0 unspecified atom stereocenters. The normalized spacial score (nSPS) is 9.90. The zero-order valence-corrected chi connectivity index (χ0v) is 13.8. The number of hydrogen-bond acceptors (Lipinski definition) is 3. The number of amides is 3. The van der Waals surface area contributed by atoms with Crippen LogP contribution in [0.15, 0.2) is 28.7 Å². The van der Waals surface area contributed by atoms with E-state index in [0.29, 0.717) is 5.56 Å². The fourth-order valence-electron chi connectivity index (χ4n) is 1.43.